The SMILES string of the molecule is COc1cccc(COc2cncc(C(=O)O)c2)c1F. The number of benzene rings is 1. The van der Waals surface area contributed by atoms with Gasteiger partial charge in [-0.25, -0.2) is 9.18 Å². The number of ether oxygens (including phenoxy) is 2. The van der Waals surface area contributed by atoms with Crippen molar-refractivity contribution >= 4 is 5.97 Å². The molecule has 0 unspecified atom stereocenters. The second-order valence-corrected chi connectivity index (χ2v) is 3.94. The van der Waals surface area contributed by atoms with Crippen LogP contribution in [0.4, 0.5) is 4.39 Å². The molecule has 20 heavy (non-hydrogen) atoms. The largest absolute Gasteiger partial charge is 0.494 e. The molecule has 1 heterocycles. The molecule has 6 heteroatoms. The molecule has 2 aromatic rings. The molecule has 2 rings (SSSR count). The minimum Gasteiger partial charge on any atom is -0.494 e. The lowest BCUT2D eigenvalue weighted by Gasteiger charge is -2.09. The summed E-state index contributed by atoms with van der Waals surface area (Å²) in [5, 5.41) is 8.83. The van der Waals surface area contributed by atoms with Crippen LogP contribution in [-0.2, 0) is 6.61 Å². The topological polar surface area (TPSA) is 68.7 Å². The summed E-state index contributed by atoms with van der Waals surface area (Å²) in [6, 6.07) is 6.04. The average molecular weight is 277 g/mol. The lowest BCUT2D eigenvalue weighted by molar-refractivity contribution is 0.0696. The van der Waals surface area contributed by atoms with E-state index in [4.69, 9.17) is 14.6 Å². The van der Waals surface area contributed by atoms with Crippen LogP contribution < -0.4 is 9.47 Å². The minimum atomic E-state index is -1.10. The normalized spacial score (nSPS) is 10.1. The highest BCUT2D eigenvalue weighted by Gasteiger charge is 2.10. The third-order valence-electron chi connectivity index (χ3n) is 2.62. The maximum atomic E-state index is 13.9. The molecule has 0 aliphatic rings. The van der Waals surface area contributed by atoms with Gasteiger partial charge in [0, 0.05) is 11.8 Å². The molecule has 0 amide bonds. The Hall–Kier alpha value is -2.63. The van der Waals surface area contributed by atoms with Crippen LogP contribution in [0.25, 0.3) is 0 Å². The number of aromatic carboxylic acids is 1. The molecule has 0 aliphatic heterocycles. The highest BCUT2D eigenvalue weighted by molar-refractivity contribution is 5.87. The number of halogens is 1. The Morgan fingerprint density at radius 3 is 2.90 bits per heavy atom. The highest BCUT2D eigenvalue weighted by Crippen LogP contribution is 2.21. The van der Waals surface area contributed by atoms with Crippen LogP contribution >= 0.6 is 0 Å². The number of rotatable bonds is 5. The summed E-state index contributed by atoms with van der Waals surface area (Å²) >= 11 is 0. The molecule has 0 fully saturated rings. The van der Waals surface area contributed by atoms with E-state index in [1.54, 1.807) is 12.1 Å². The van der Waals surface area contributed by atoms with Crippen molar-refractivity contribution in [3.05, 3.63) is 53.6 Å². The van der Waals surface area contributed by atoms with Gasteiger partial charge in [0.1, 0.15) is 12.4 Å². The molecule has 0 spiro atoms. The Labute approximate surface area is 114 Å². The summed E-state index contributed by atoms with van der Waals surface area (Å²) in [5.41, 5.74) is 0.318. The van der Waals surface area contributed by atoms with E-state index in [9.17, 15) is 9.18 Å². The molecule has 5 nitrogen and oxygen atoms in total. The van der Waals surface area contributed by atoms with E-state index >= 15 is 0 Å². The Morgan fingerprint density at radius 2 is 2.20 bits per heavy atom. The Balaban J connectivity index is 2.13. The molecule has 0 radical (unpaired) electrons. The fourth-order valence-corrected chi connectivity index (χ4v) is 1.60. The lowest BCUT2D eigenvalue weighted by Crippen LogP contribution is -2.02. The van der Waals surface area contributed by atoms with E-state index in [1.807, 2.05) is 0 Å². The first-order valence-electron chi connectivity index (χ1n) is 5.74. The van der Waals surface area contributed by atoms with Gasteiger partial charge in [-0.1, -0.05) is 12.1 Å². The summed E-state index contributed by atoms with van der Waals surface area (Å²) < 4.78 is 24.1. The summed E-state index contributed by atoms with van der Waals surface area (Å²) in [7, 11) is 1.38. The smallest absolute Gasteiger partial charge is 0.337 e. The second kappa shape index (κ2) is 6.01. The van der Waals surface area contributed by atoms with E-state index < -0.39 is 11.8 Å². The number of carbonyl (C=O) groups is 1. The molecule has 104 valence electrons. The van der Waals surface area contributed by atoms with Crippen LogP contribution in [0, 0.1) is 5.82 Å². The first-order chi connectivity index (χ1) is 9.61. The molecule has 0 saturated heterocycles. The van der Waals surface area contributed by atoms with Gasteiger partial charge in [-0.2, -0.15) is 0 Å². The average Bonchev–Trinajstić information content (AvgIpc) is 2.46. The van der Waals surface area contributed by atoms with Crippen molar-refractivity contribution in [2.45, 2.75) is 6.61 Å². The molecule has 0 atom stereocenters. The van der Waals surface area contributed by atoms with Crippen LogP contribution in [0.1, 0.15) is 15.9 Å². The number of hydrogen-bond acceptors (Lipinski definition) is 4. The first kappa shape index (κ1) is 13.8. The zero-order valence-corrected chi connectivity index (χ0v) is 10.7. The Kier molecular flexibility index (Phi) is 4.14. The molecular formula is C14H12FNO4. The van der Waals surface area contributed by atoms with Gasteiger partial charge >= 0.3 is 5.97 Å². The molecule has 0 aliphatic carbocycles. The van der Waals surface area contributed by atoms with Crippen LogP contribution in [-0.4, -0.2) is 23.2 Å². The molecule has 0 bridgehead atoms. The quantitative estimate of drug-likeness (QED) is 0.909. The fraction of sp³-hybridized carbons (Fsp3) is 0.143. The van der Waals surface area contributed by atoms with Gasteiger partial charge in [0.2, 0.25) is 0 Å². The standard InChI is InChI=1S/C14H12FNO4/c1-19-12-4-2-3-9(13(12)15)8-20-11-5-10(14(17)18)6-16-7-11/h2-7H,8H2,1H3,(H,17,18). The van der Waals surface area contributed by atoms with Crippen molar-refractivity contribution in [2.75, 3.05) is 7.11 Å². The molecule has 1 aromatic heterocycles. The first-order valence-corrected chi connectivity index (χ1v) is 5.74. The number of aromatic nitrogens is 1. The zero-order valence-electron chi connectivity index (χ0n) is 10.7. The van der Waals surface area contributed by atoms with E-state index in [1.165, 1.54) is 31.6 Å². The van der Waals surface area contributed by atoms with Gasteiger partial charge in [-0.3, -0.25) is 4.98 Å². The predicted molar refractivity (Wildman–Crippen MR) is 68.5 cm³/mol. The third kappa shape index (κ3) is 3.03. The number of methoxy groups -OCH3 is 1. The number of pyridine rings is 1. The highest BCUT2D eigenvalue weighted by atomic mass is 19.1. The Morgan fingerprint density at radius 1 is 1.40 bits per heavy atom. The van der Waals surface area contributed by atoms with Gasteiger partial charge in [-0.05, 0) is 12.1 Å². The number of hydrogen-bond donors (Lipinski definition) is 1. The summed E-state index contributed by atoms with van der Waals surface area (Å²) in [6.07, 6.45) is 2.58. The molecule has 1 aromatic carbocycles. The van der Waals surface area contributed by atoms with Crippen LogP contribution in [0.2, 0.25) is 0 Å². The summed E-state index contributed by atoms with van der Waals surface area (Å²) in [6.45, 7) is -0.0478. The van der Waals surface area contributed by atoms with Crippen molar-refractivity contribution < 1.29 is 23.8 Å². The van der Waals surface area contributed by atoms with E-state index in [2.05, 4.69) is 4.98 Å². The summed E-state index contributed by atoms with van der Waals surface area (Å²) in [4.78, 5) is 14.5. The van der Waals surface area contributed by atoms with Crippen molar-refractivity contribution in [1.29, 1.82) is 0 Å². The number of nitrogens with zero attached hydrogens (tertiary/aromatic N) is 1. The van der Waals surface area contributed by atoms with Gasteiger partial charge in [0.15, 0.2) is 11.6 Å². The zero-order chi connectivity index (χ0) is 14.5. The van der Waals surface area contributed by atoms with Crippen molar-refractivity contribution in [3.8, 4) is 11.5 Å². The van der Waals surface area contributed by atoms with E-state index in [0.29, 0.717) is 5.56 Å². The minimum absolute atomic E-state index is 0.00798. The van der Waals surface area contributed by atoms with Gasteiger partial charge in [-0.15, -0.1) is 0 Å². The monoisotopic (exact) mass is 277 g/mol. The molecule has 0 saturated carbocycles. The van der Waals surface area contributed by atoms with E-state index in [-0.39, 0.29) is 23.7 Å². The Bertz CT molecular complexity index is 630. The van der Waals surface area contributed by atoms with Crippen LogP contribution in [0.15, 0.2) is 36.7 Å². The number of carboxylic acids is 1. The third-order valence-corrected chi connectivity index (χ3v) is 2.62. The number of carboxylic acid groups (broad SMARTS) is 1. The van der Waals surface area contributed by atoms with E-state index in [0.717, 1.165) is 0 Å². The predicted octanol–water partition coefficient (Wildman–Crippen LogP) is 2.51. The maximum Gasteiger partial charge on any atom is 0.337 e. The van der Waals surface area contributed by atoms with Crippen LogP contribution in [0.5, 0.6) is 11.5 Å². The lowest BCUT2D eigenvalue weighted by atomic mass is 10.2. The second-order valence-electron chi connectivity index (χ2n) is 3.94. The molecule has 1 N–H and O–H groups in total. The van der Waals surface area contributed by atoms with Crippen molar-refractivity contribution in [1.82, 2.24) is 4.98 Å². The van der Waals surface area contributed by atoms with Crippen molar-refractivity contribution in [3.63, 3.8) is 0 Å². The van der Waals surface area contributed by atoms with Gasteiger partial charge < -0.3 is 14.6 Å². The van der Waals surface area contributed by atoms with Gasteiger partial charge in [0.25, 0.3) is 0 Å². The summed E-state index contributed by atoms with van der Waals surface area (Å²) in [5.74, 6) is -1.22. The van der Waals surface area contributed by atoms with Crippen LogP contribution in [0.3, 0.4) is 0 Å². The van der Waals surface area contributed by atoms with Gasteiger partial charge in [0.05, 0.1) is 18.9 Å². The van der Waals surface area contributed by atoms with Crippen molar-refractivity contribution in [2.24, 2.45) is 0 Å². The maximum absolute atomic E-state index is 13.9. The fourth-order valence-electron chi connectivity index (χ4n) is 1.60. The molecular weight excluding hydrogens is 265 g/mol.